The molecule has 4 rings (SSSR count). The number of aromatic nitrogens is 2. The van der Waals surface area contributed by atoms with Crippen LogP contribution in [0.3, 0.4) is 0 Å². The Balaban J connectivity index is 1.45. The fourth-order valence-corrected chi connectivity index (χ4v) is 3.99. The molecule has 0 unspecified atom stereocenters. The van der Waals surface area contributed by atoms with Crippen molar-refractivity contribution < 1.29 is 4.74 Å². The van der Waals surface area contributed by atoms with Crippen LogP contribution in [0.2, 0.25) is 0 Å². The van der Waals surface area contributed by atoms with Gasteiger partial charge in [0.05, 0.1) is 11.8 Å². The Morgan fingerprint density at radius 2 is 2.00 bits per heavy atom. The molecule has 144 valence electrons. The number of nitrogens with zero attached hydrogens (tertiary/aromatic N) is 2. The summed E-state index contributed by atoms with van der Waals surface area (Å²) in [5, 5.41) is 3.37. The van der Waals surface area contributed by atoms with Crippen molar-refractivity contribution in [2.45, 2.75) is 44.4 Å². The molecule has 1 aromatic heterocycles. The zero-order valence-electron chi connectivity index (χ0n) is 15.9. The van der Waals surface area contributed by atoms with Crippen LogP contribution in [-0.2, 0) is 11.3 Å². The lowest BCUT2D eigenvalue weighted by molar-refractivity contribution is 0.108. The van der Waals surface area contributed by atoms with Crippen LogP contribution >= 0.6 is 0 Å². The van der Waals surface area contributed by atoms with Crippen molar-refractivity contribution in [2.24, 2.45) is 0 Å². The lowest BCUT2D eigenvalue weighted by Crippen LogP contribution is -2.40. The van der Waals surface area contributed by atoms with Crippen LogP contribution in [0.25, 0.3) is 11.4 Å². The summed E-state index contributed by atoms with van der Waals surface area (Å²) in [7, 11) is 2.05. The lowest BCUT2D eigenvalue weighted by Gasteiger charge is -2.31. The van der Waals surface area contributed by atoms with E-state index in [2.05, 4.69) is 32.3 Å². The third kappa shape index (κ3) is 4.46. The van der Waals surface area contributed by atoms with Gasteiger partial charge >= 0.3 is 0 Å². The van der Waals surface area contributed by atoms with E-state index in [-0.39, 0.29) is 11.7 Å². The molecule has 0 bridgehead atoms. The van der Waals surface area contributed by atoms with E-state index in [4.69, 9.17) is 4.74 Å². The number of ether oxygens (including phenoxy) is 1. The molecule has 2 fully saturated rings. The topological polar surface area (TPSA) is 70.2 Å². The first kappa shape index (κ1) is 18.3. The van der Waals surface area contributed by atoms with Gasteiger partial charge in [-0.3, -0.25) is 9.69 Å². The average Bonchev–Trinajstić information content (AvgIpc) is 3.24. The van der Waals surface area contributed by atoms with Gasteiger partial charge in [-0.2, -0.15) is 0 Å². The Labute approximate surface area is 160 Å². The molecule has 0 aliphatic carbocycles. The van der Waals surface area contributed by atoms with E-state index in [1.54, 1.807) is 6.07 Å². The van der Waals surface area contributed by atoms with E-state index in [1.165, 1.54) is 18.4 Å². The van der Waals surface area contributed by atoms with Gasteiger partial charge in [-0.15, -0.1) is 0 Å². The Bertz CT molecular complexity index is 804. The van der Waals surface area contributed by atoms with Crippen LogP contribution in [0, 0.1) is 0 Å². The van der Waals surface area contributed by atoms with E-state index >= 15 is 0 Å². The number of aromatic amines is 1. The second kappa shape index (κ2) is 8.33. The van der Waals surface area contributed by atoms with Crippen molar-refractivity contribution in [3.05, 3.63) is 51.9 Å². The highest BCUT2D eigenvalue weighted by Gasteiger charge is 2.21. The average molecular weight is 368 g/mol. The fraction of sp³-hybridized carbons (Fsp3) is 0.524. The highest BCUT2D eigenvalue weighted by Crippen LogP contribution is 2.27. The number of likely N-dealkylation sites (tertiary alicyclic amines) is 1. The first-order chi connectivity index (χ1) is 13.2. The molecule has 1 atom stereocenters. The van der Waals surface area contributed by atoms with Crippen LogP contribution in [0.5, 0.6) is 0 Å². The summed E-state index contributed by atoms with van der Waals surface area (Å²) in [5.74, 6) is 0.620. The van der Waals surface area contributed by atoms with Gasteiger partial charge in [0.1, 0.15) is 5.82 Å². The molecule has 1 aromatic carbocycles. The molecule has 0 saturated carbocycles. The zero-order chi connectivity index (χ0) is 18.6. The molecule has 27 heavy (non-hydrogen) atoms. The molecule has 6 heteroatoms. The van der Waals surface area contributed by atoms with Crippen molar-refractivity contribution in [3.8, 4) is 11.4 Å². The van der Waals surface area contributed by atoms with Gasteiger partial charge in [-0.25, -0.2) is 4.98 Å². The molecule has 3 heterocycles. The van der Waals surface area contributed by atoms with Crippen LogP contribution in [0.15, 0.2) is 35.1 Å². The second-order valence-electron chi connectivity index (χ2n) is 7.56. The summed E-state index contributed by atoms with van der Waals surface area (Å²) < 4.78 is 5.68. The molecular weight excluding hydrogens is 340 g/mol. The fourth-order valence-electron chi connectivity index (χ4n) is 3.99. The minimum atomic E-state index is -0.123. The number of hydrogen-bond acceptors (Lipinski definition) is 5. The molecular formula is C21H28N4O2. The minimum absolute atomic E-state index is 0.0501. The molecule has 6 nitrogen and oxygen atoms in total. The molecule has 2 aromatic rings. The Hall–Kier alpha value is -2.02. The maximum absolute atomic E-state index is 12.1. The van der Waals surface area contributed by atoms with Crippen molar-refractivity contribution in [1.82, 2.24) is 20.2 Å². The summed E-state index contributed by atoms with van der Waals surface area (Å²) >= 11 is 0. The van der Waals surface area contributed by atoms with Gasteiger partial charge in [0.2, 0.25) is 0 Å². The lowest BCUT2D eigenvalue weighted by atomic mass is 10.0. The van der Waals surface area contributed by atoms with Crippen molar-refractivity contribution in [2.75, 3.05) is 26.7 Å². The molecule has 0 spiro atoms. The maximum Gasteiger partial charge on any atom is 0.251 e. The Kier molecular flexibility index (Phi) is 5.66. The first-order valence-electron chi connectivity index (χ1n) is 9.93. The summed E-state index contributed by atoms with van der Waals surface area (Å²) in [6.45, 7) is 3.97. The quantitative estimate of drug-likeness (QED) is 0.848. The van der Waals surface area contributed by atoms with Gasteiger partial charge in [0.25, 0.3) is 5.56 Å². The van der Waals surface area contributed by atoms with Gasteiger partial charge < -0.3 is 15.0 Å². The summed E-state index contributed by atoms with van der Waals surface area (Å²) in [6, 6.07) is 10.6. The smallest absolute Gasteiger partial charge is 0.251 e. The molecule has 2 saturated heterocycles. The molecule has 0 radical (unpaired) electrons. The summed E-state index contributed by atoms with van der Waals surface area (Å²) in [5.41, 5.74) is 2.84. The highest BCUT2D eigenvalue weighted by molar-refractivity contribution is 5.55. The number of nitrogens with one attached hydrogen (secondary N) is 2. The third-order valence-corrected chi connectivity index (χ3v) is 5.65. The van der Waals surface area contributed by atoms with E-state index in [0.717, 1.165) is 50.3 Å². The van der Waals surface area contributed by atoms with Crippen LogP contribution in [0.4, 0.5) is 0 Å². The van der Waals surface area contributed by atoms with Gasteiger partial charge in [-0.1, -0.05) is 24.3 Å². The molecule has 2 aliphatic rings. The van der Waals surface area contributed by atoms with Gasteiger partial charge in [0.15, 0.2) is 0 Å². The van der Waals surface area contributed by atoms with Crippen LogP contribution < -0.4 is 10.9 Å². The second-order valence-corrected chi connectivity index (χ2v) is 7.56. The van der Waals surface area contributed by atoms with Crippen molar-refractivity contribution >= 4 is 0 Å². The Morgan fingerprint density at radius 3 is 2.67 bits per heavy atom. The minimum Gasteiger partial charge on any atom is -0.372 e. The zero-order valence-corrected chi connectivity index (χ0v) is 15.9. The number of piperidine rings is 1. The predicted octanol–water partition coefficient (Wildman–Crippen LogP) is 2.47. The largest absolute Gasteiger partial charge is 0.372 e. The molecule has 0 amide bonds. The molecule has 2 aliphatic heterocycles. The van der Waals surface area contributed by atoms with E-state index in [0.29, 0.717) is 11.9 Å². The Morgan fingerprint density at radius 1 is 1.22 bits per heavy atom. The first-order valence-corrected chi connectivity index (χ1v) is 9.93. The number of benzene rings is 1. The van der Waals surface area contributed by atoms with Crippen molar-refractivity contribution in [1.29, 1.82) is 0 Å². The predicted molar refractivity (Wildman–Crippen MR) is 106 cm³/mol. The third-order valence-electron chi connectivity index (χ3n) is 5.65. The van der Waals surface area contributed by atoms with E-state index < -0.39 is 0 Å². The highest BCUT2D eigenvalue weighted by atomic mass is 16.5. The van der Waals surface area contributed by atoms with Crippen molar-refractivity contribution in [3.63, 3.8) is 0 Å². The normalized spacial score (nSPS) is 21.6. The van der Waals surface area contributed by atoms with Gasteiger partial charge in [-0.05, 0) is 51.4 Å². The maximum atomic E-state index is 12.1. The van der Waals surface area contributed by atoms with Gasteiger partial charge in [0, 0.05) is 30.8 Å². The standard InChI is InChI=1S/C21H28N4O2/c1-22-17-8-10-25(11-9-17)14-15-4-6-16(7-5-15)21-23-18(13-20(26)24-21)19-3-2-12-27-19/h4-7,13,17,19,22H,2-3,8-12,14H2,1H3,(H,23,24,26)/t19-/m1/s1. The summed E-state index contributed by atoms with van der Waals surface area (Å²) in [6.07, 6.45) is 4.31. The SMILES string of the molecule is CNC1CCN(Cc2ccc(-c3nc([C@H]4CCCO4)cc(=O)[nH]3)cc2)CC1. The van der Waals surface area contributed by atoms with Crippen LogP contribution in [-0.4, -0.2) is 47.7 Å². The molecule has 2 N–H and O–H groups in total. The number of H-pyrrole nitrogens is 1. The van der Waals surface area contributed by atoms with E-state index in [1.807, 2.05) is 19.2 Å². The van der Waals surface area contributed by atoms with E-state index in [9.17, 15) is 4.79 Å². The van der Waals surface area contributed by atoms with Crippen LogP contribution in [0.1, 0.15) is 43.0 Å². The number of rotatable bonds is 5. The monoisotopic (exact) mass is 368 g/mol. The number of hydrogen-bond donors (Lipinski definition) is 2. The summed E-state index contributed by atoms with van der Waals surface area (Å²) in [4.78, 5) is 22.1.